The Morgan fingerprint density at radius 2 is 1.43 bits per heavy atom. The van der Waals surface area contributed by atoms with Crippen molar-refractivity contribution < 1.29 is 9.15 Å². The van der Waals surface area contributed by atoms with Gasteiger partial charge >= 0.3 is 0 Å². The average Bonchev–Trinajstić information content (AvgIpc) is 2.77. The van der Waals surface area contributed by atoms with E-state index in [4.69, 9.17) is 9.15 Å². The van der Waals surface area contributed by atoms with E-state index in [-0.39, 0.29) is 16.3 Å². The molecule has 0 spiro atoms. The molecule has 0 saturated heterocycles. The van der Waals surface area contributed by atoms with Gasteiger partial charge in [-0.25, -0.2) is 0 Å². The van der Waals surface area contributed by atoms with E-state index in [1.807, 2.05) is 39.0 Å². The summed E-state index contributed by atoms with van der Waals surface area (Å²) in [5.74, 6) is 2.84. The van der Waals surface area contributed by atoms with Gasteiger partial charge in [-0.05, 0) is 65.0 Å². The van der Waals surface area contributed by atoms with Crippen LogP contribution in [-0.4, -0.2) is 6.10 Å². The highest BCUT2D eigenvalue weighted by Crippen LogP contribution is 2.36. The number of hydrogen-bond donors (Lipinski definition) is 0. The van der Waals surface area contributed by atoms with Crippen molar-refractivity contribution in [3.63, 3.8) is 0 Å². The second-order valence-corrected chi connectivity index (χ2v) is 12.7. The first kappa shape index (κ1) is 27.0. The smallest absolute Gasteiger partial charge is 0.192 e. The standard InChI is InChI=1S/C16H20O2.C16H24O/c1-10(2)11-6-7-14-12(8-11)13(17)9-15(18-14)16(3,4)5;1-11(2)12-6-8-14-13(10-12)7-9-15(17-14)16(3,4)5/h6-10H,1-5H3;6,8,10-11,15H,7,9H2,1-5H3. The molecular weight excluding hydrogens is 432 g/mol. The largest absolute Gasteiger partial charge is 0.490 e. The van der Waals surface area contributed by atoms with Crippen LogP contribution in [0.1, 0.15) is 110 Å². The first-order chi connectivity index (χ1) is 16.2. The molecule has 4 rings (SSSR count). The van der Waals surface area contributed by atoms with Crippen molar-refractivity contribution in [3.05, 3.63) is 75.1 Å². The molecule has 35 heavy (non-hydrogen) atoms. The molecule has 1 aliphatic heterocycles. The van der Waals surface area contributed by atoms with Crippen molar-refractivity contribution in [1.82, 2.24) is 0 Å². The van der Waals surface area contributed by atoms with Crippen LogP contribution < -0.4 is 10.2 Å². The van der Waals surface area contributed by atoms with E-state index in [9.17, 15) is 4.79 Å². The molecule has 0 amide bonds. The zero-order valence-electron chi connectivity index (χ0n) is 23.4. The third-order valence-corrected chi connectivity index (χ3v) is 6.82. The second kappa shape index (κ2) is 10.2. The fraction of sp³-hybridized carbons (Fsp3) is 0.531. The van der Waals surface area contributed by atoms with E-state index in [0.29, 0.717) is 28.9 Å². The van der Waals surface area contributed by atoms with Crippen molar-refractivity contribution >= 4 is 11.0 Å². The Bertz CT molecular complexity index is 1220. The predicted molar refractivity (Wildman–Crippen MR) is 148 cm³/mol. The van der Waals surface area contributed by atoms with Gasteiger partial charge in [-0.1, -0.05) is 87.4 Å². The van der Waals surface area contributed by atoms with Crippen LogP contribution in [0.5, 0.6) is 5.75 Å². The summed E-state index contributed by atoms with van der Waals surface area (Å²) in [4.78, 5) is 12.2. The normalized spacial score (nSPS) is 16.1. The molecule has 1 aliphatic rings. The maximum Gasteiger partial charge on any atom is 0.192 e. The maximum atomic E-state index is 12.2. The summed E-state index contributed by atoms with van der Waals surface area (Å²) in [5.41, 5.74) is 4.77. The lowest BCUT2D eigenvalue weighted by molar-refractivity contribution is 0.0674. The van der Waals surface area contributed by atoms with E-state index in [1.165, 1.54) is 16.7 Å². The third kappa shape index (κ3) is 6.57. The van der Waals surface area contributed by atoms with Gasteiger partial charge in [0.1, 0.15) is 23.2 Å². The molecule has 0 aliphatic carbocycles. The number of benzene rings is 2. The topological polar surface area (TPSA) is 39.4 Å². The summed E-state index contributed by atoms with van der Waals surface area (Å²) in [6.07, 6.45) is 2.63. The van der Waals surface area contributed by atoms with Crippen LogP contribution in [0, 0.1) is 5.41 Å². The highest BCUT2D eigenvalue weighted by Gasteiger charge is 2.30. The number of ether oxygens (including phenoxy) is 1. The monoisotopic (exact) mass is 476 g/mol. The molecule has 1 atom stereocenters. The summed E-state index contributed by atoms with van der Waals surface area (Å²) in [6, 6.07) is 14.2. The van der Waals surface area contributed by atoms with E-state index in [0.717, 1.165) is 24.4 Å². The van der Waals surface area contributed by atoms with Gasteiger partial charge in [0.2, 0.25) is 0 Å². The third-order valence-electron chi connectivity index (χ3n) is 6.82. The summed E-state index contributed by atoms with van der Waals surface area (Å²) < 4.78 is 12.0. The van der Waals surface area contributed by atoms with Crippen molar-refractivity contribution in [2.75, 3.05) is 0 Å². The van der Waals surface area contributed by atoms with Crippen molar-refractivity contribution in [1.29, 1.82) is 0 Å². The highest BCUT2D eigenvalue weighted by atomic mass is 16.5. The molecule has 0 fully saturated rings. The molecule has 0 bridgehead atoms. The highest BCUT2D eigenvalue weighted by molar-refractivity contribution is 5.77. The quantitative estimate of drug-likeness (QED) is 0.371. The van der Waals surface area contributed by atoms with Gasteiger partial charge in [-0.2, -0.15) is 0 Å². The number of hydrogen-bond acceptors (Lipinski definition) is 3. The van der Waals surface area contributed by atoms with Gasteiger partial charge in [-0.3, -0.25) is 4.79 Å². The Morgan fingerprint density at radius 3 is 2.00 bits per heavy atom. The van der Waals surface area contributed by atoms with Crippen LogP contribution in [0.3, 0.4) is 0 Å². The summed E-state index contributed by atoms with van der Waals surface area (Å²) >= 11 is 0. The molecule has 3 heteroatoms. The zero-order valence-corrected chi connectivity index (χ0v) is 23.4. The Balaban J connectivity index is 0.000000196. The van der Waals surface area contributed by atoms with Crippen LogP contribution in [0.2, 0.25) is 0 Å². The van der Waals surface area contributed by atoms with Crippen molar-refractivity contribution in [2.45, 2.75) is 105 Å². The minimum absolute atomic E-state index is 0.0451. The first-order valence-electron chi connectivity index (χ1n) is 13.0. The van der Waals surface area contributed by atoms with Crippen LogP contribution in [0.4, 0.5) is 0 Å². The van der Waals surface area contributed by atoms with E-state index in [1.54, 1.807) is 6.07 Å². The van der Waals surface area contributed by atoms with Crippen molar-refractivity contribution in [3.8, 4) is 5.75 Å². The van der Waals surface area contributed by atoms with E-state index < -0.39 is 0 Å². The molecule has 0 radical (unpaired) electrons. The Hall–Kier alpha value is -2.55. The number of rotatable bonds is 2. The first-order valence-corrected chi connectivity index (χ1v) is 13.0. The molecule has 1 aromatic heterocycles. The number of fused-ring (bicyclic) bond motifs is 2. The van der Waals surface area contributed by atoms with Gasteiger partial charge in [0, 0.05) is 11.5 Å². The van der Waals surface area contributed by atoms with Gasteiger partial charge in [0.25, 0.3) is 0 Å². The lowest BCUT2D eigenvalue weighted by Crippen LogP contribution is -2.35. The van der Waals surface area contributed by atoms with Crippen molar-refractivity contribution in [2.24, 2.45) is 5.41 Å². The lowest BCUT2D eigenvalue weighted by Gasteiger charge is -2.35. The Kier molecular flexibility index (Phi) is 7.89. The van der Waals surface area contributed by atoms with Gasteiger partial charge in [0.05, 0.1) is 5.39 Å². The average molecular weight is 477 g/mol. The van der Waals surface area contributed by atoms with E-state index in [2.05, 4.69) is 66.7 Å². The molecular formula is C32H44O3. The van der Waals surface area contributed by atoms with Crippen LogP contribution in [-0.2, 0) is 11.8 Å². The second-order valence-electron chi connectivity index (χ2n) is 12.7. The Morgan fingerprint density at radius 1 is 0.829 bits per heavy atom. The van der Waals surface area contributed by atoms with Gasteiger partial charge in [0.15, 0.2) is 5.43 Å². The van der Waals surface area contributed by atoms with Gasteiger partial charge in [-0.15, -0.1) is 0 Å². The molecule has 190 valence electrons. The van der Waals surface area contributed by atoms with Crippen LogP contribution in [0.15, 0.2) is 51.7 Å². The lowest BCUT2D eigenvalue weighted by atomic mass is 9.83. The maximum absolute atomic E-state index is 12.2. The summed E-state index contributed by atoms with van der Waals surface area (Å²) in [5, 5.41) is 0.675. The Labute approximate surface area is 211 Å². The molecule has 0 saturated carbocycles. The minimum atomic E-state index is -0.149. The van der Waals surface area contributed by atoms with Gasteiger partial charge < -0.3 is 9.15 Å². The molecule has 0 N–H and O–H groups in total. The van der Waals surface area contributed by atoms with Crippen LogP contribution >= 0.6 is 0 Å². The minimum Gasteiger partial charge on any atom is -0.490 e. The summed E-state index contributed by atoms with van der Waals surface area (Å²) in [7, 11) is 0. The predicted octanol–water partition coefficient (Wildman–Crippen LogP) is 8.76. The van der Waals surface area contributed by atoms with E-state index >= 15 is 0 Å². The fourth-order valence-corrected chi connectivity index (χ4v) is 4.28. The fourth-order valence-electron chi connectivity index (χ4n) is 4.28. The SMILES string of the molecule is CC(C)c1ccc2c(c1)CCC(C(C)(C)C)O2.CC(C)c1ccc2oc(C(C)(C)C)cc(=O)c2c1. The molecule has 3 aromatic rings. The van der Waals surface area contributed by atoms with Crippen LogP contribution in [0.25, 0.3) is 11.0 Å². The molecule has 3 nitrogen and oxygen atoms in total. The molecule has 1 unspecified atom stereocenters. The molecule has 2 heterocycles. The zero-order chi connectivity index (χ0) is 26.1. The molecule has 2 aromatic carbocycles. The summed E-state index contributed by atoms with van der Waals surface area (Å²) in [6.45, 7) is 21.6. The number of aryl methyl sites for hydroxylation is 1.